The first-order valence-electron chi connectivity index (χ1n) is 7.12. The second-order valence-corrected chi connectivity index (χ2v) is 5.84. The molecule has 0 bridgehead atoms. The zero-order valence-corrected chi connectivity index (χ0v) is 13.7. The molecule has 0 aliphatic carbocycles. The average molecular weight is 312 g/mol. The van der Waals surface area contributed by atoms with Crippen LogP contribution in [0.3, 0.4) is 0 Å². The van der Waals surface area contributed by atoms with E-state index in [0.29, 0.717) is 19.8 Å². The second-order valence-electron chi connectivity index (χ2n) is 4.97. The van der Waals surface area contributed by atoms with E-state index in [1.54, 1.807) is 25.6 Å². The summed E-state index contributed by atoms with van der Waals surface area (Å²) < 4.78 is 12.7. The molecule has 0 saturated heterocycles. The molecule has 2 aromatic rings. The largest absolute Gasteiger partial charge is 0.383 e. The highest BCUT2D eigenvalue weighted by Gasteiger charge is 2.22. The van der Waals surface area contributed by atoms with Gasteiger partial charge in [-0.25, -0.2) is 4.98 Å². The Morgan fingerprint density at radius 3 is 2.90 bits per heavy atom. The molecule has 0 aliphatic rings. The Labute approximate surface area is 129 Å². The van der Waals surface area contributed by atoms with E-state index in [0.717, 1.165) is 29.4 Å². The van der Waals surface area contributed by atoms with Crippen LogP contribution in [0.2, 0.25) is 0 Å². The predicted octanol–water partition coefficient (Wildman–Crippen LogP) is 1.38. The summed E-state index contributed by atoms with van der Waals surface area (Å²) in [7, 11) is 3.43. The Hall–Kier alpha value is -1.15. The summed E-state index contributed by atoms with van der Waals surface area (Å²) in [6.45, 7) is 4.83. The fourth-order valence-electron chi connectivity index (χ4n) is 2.48. The molecule has 0 fully saturated rings. The van der Waals surface area contributed by atoms with Gasteiger partial charge in [-0.3, -0.25) is 4.40 Å². The van der Waals surface area contributed by atoms with E-state index in [2.05, 4.69) is 22.4 Å². The third-order valence-corrected chi connectivity index (χ3v) is 4.23. The van der Waals surface area contributed by atoms with Gasteiger partial charge in [0.25, 0.3) is 0 Å². The normalized spacial score (nSPS) is 13.0. The van der Waals surface area contributed by atoms with Crippen LogP contribution in [0.1, 0.15) is 12.6 Å². The Bertz CT molecular complexity index is 554. The zero-order valence-electron chi connectivity index (χ0n) is 12.9. The van der Waals surface area contributed by atoms with Crippen LogP contribution in [-0.4, -0.2) is 55.9 Å². The Morgan fingerprint density at radius 1 is 1.43 bits per heavy atom. The standard InChI is InChI=1S/C14H24N4O2S/c1-11(10-20-3)17(6-8-19-2)13-12(4-5-15)18-7-9-21-14(18)16-13/h7,9,11H,4-6,8,10,15H2,1-3H3. The van der Waals surface area contributed by atoms with E-state index in [4.69, 9.17) is 20.2 Å². The van der Waals surface area contributed by atoms with Gasteiger partial charge in [-0.1, -0.05) is 0 Å². The smallest absolute Gasteiger partial charge is 0.195 e. The lowest BCUT2D eigenvalue weighted by Crippen LogP contribution is -2.39. The lowest BCUT2D eigenvalue weighted by molar-refractivity contribution is 0.170. The van der Waals surface area contributed by atoms with Crippen LogP contribution in [0.15, 0.2) is 11.6 Å². The number of fused-ring (bicyclic) bond motifs is 1. The van der Waals surface area contributed by atoms with Gasteiger partial charge in [0, 0.05) is 38.8 Å². The van der Waals surface area contributed by atoms with Crippen molar-refractivity contribution in [2.24, 2.45) is 5.73 Å². The minimum Gasteiger partial charge on any atom is -0.383 e. The Morgan fingerprint density at radius 2 is 2.24 bits per heavy atom. The van der Waals surface area contributed by atoms with Gasteiger partial charge in [-0.2, -0.15) is 0 Å². The number of nitrogens with two attached hydrogens (primary N) is 1. The van der Waals surface area contributed by atoms with Gasteiger partial charge < -0.3 is 20.1 Å². The van der Waals surface area contributed by atoms with Gasteiger partial charge in [0.05, 0.1) is 24.9 Å². The summed E-state index contributed by atoms with van der Waals surface area (Å²) in [5.41, 5.74) is 6.94. The van der Waals surface area contributed by atoms with Crippen molar-refractivity contribution in [3.05, 3.63) is 17.3 Å². The molecule has 0 radical (unpaired) electrons. The van der Waals surface area contributed by atoms with Gasteiger partial charge in [-0.05, 0) is 13.5 Å². The molecule has 0 aliphatic heterocycles. The van der Waals surface area contributed by atoms with Crippen LogP contribution in [0.25, 0.3) is 4.96 Å². The number of hydrogen-bond acceptors (Lipinski definition) is 6. The minimum atomic E-state index is 0.228. The Kier molecular flexibility index (Phi) is 5.98. The first kappa shape index (κ1) is 16.2. The molecule has 6 nitrogen and oxygen atoms in total. The third kappa shape index (κ3) is 3.55. The highest BCUT2D eigenvalue weighted by molar-refractivity contribution is 7.15. The molecule has 0 aromatic carbocycles. The summed E-state index contributed by atoms with van der Waals surface area (Å²) in [6, 6.07) is 0.228. The van der Waals surface area contributed by atoms with Crippen molar-refractivity contribution >= 4 is 22.1 Å². The van der Waals surface area contributed by atoms with E-state index in [-0.39, 0.29) is 6.04 Å². The zero-order chi connectivity index (χ0) is 15.2. The van der Waals surface area contributed by atoms with Crippen LogP contribution < -0.4 is 10.6 Å². The highest BCUT2D eigenvalue weighted by Crippen LogP contribution is 2.26. The SMILES string of the molecule is COCCN(c1nc2sccn2c1CCN)C(C)COC. The van der Waals surface area contributed by atoms with Crippen molar-refractivity contribution in [1.82, 2.24) is 9.38 Å². The monoisotopic (exact) mass is 312 g/mol. The van der Waals surface area contributed by atoms with E-state index >= 15 is 0 Å². The van der Waals surface area contributed by atoms with Crippen LogP contribution in [0.5, 0.6) is 0 Å². The maximum absolute atomic E-state index is 5.78. The van der Waals surface area contributed by atoms with Crippen molar-refractivity contribution in [3.63, 3.8) is 0 Å². The molecule has 2 rings (SSSR count). The molecule has 2 N–H and O–H groups in total. The topological polar surface area (TPSA) is 65.0 Å². The molecule has 0 amide bonds. The van der Waals surface area contributed by atoms with Crippen LogP contribution in [-0.2, 0) is 15.9 Å². The van der Waals surface area contributed by atoms with Crippen LogP contribution in [0.4, 0.5) is 5.82 Å². The van der Waals surface area contributed by atoms with Gasteiger partial charge >= 0.3 is 0 Å². The fraction of sp³-hybridized carbons (Fsp3) is 0.643. The number of imidazole rings is 1. The van der Waals surface area contributed by atoms with E-state index in [9.17, 15) is 0 Å². The molecule has 118 valence electrons. The van der Waals surface area contributed by atoms with E-state index in [1.807, 2.05) is 5.38 Å². The molecular formula is C14H24N4O2S. The van der Waals surface area contributed by atoms with Crippen molar-refractivity contribution < 1.29 is 9.47 Å². The molecule has 2 aromatic heterocycles. The number of anilines is 1. The summed E-state index contributed by atoms with van der Waals surface area (Å²) in [5.74, 6) is 0.994. The number of aromatic nitrogens is 2. The molecule has 0 saturated carbocycles. The molecule has 21 heavy (non-hydrogen) atoms. The minimum absolute atomic E-state index is 0.228. The van der Waals surface area contributed by atoms with Crippen molar-refractivity contribution in [2.45, 2.75) is 19.4 Å². The lowest BCUT2D eigenvalue weighted by Gasteiger charge is -2.29. The summed E-state index contributed by atoms with van der Waals surface area (Å²) in [6.07, 6.45) is 2.85. The lowest BCUT2D eigenvalue weighted by atomic mass is 10.2. The number of rotatable bonds is 9. The Balaban J connectivity index is 2.37. The van der Waals surface area contributed by atoms with E-state index in [1.165, 1.54) is 0 Å². The van der Waals surface area contributed by atoms with Gasteiger partial charge in [-0.15, -0.1) is 11.3 Å². The third-order valence-electron chi connectivity index (χ3n) is 3.47. The van der Waals surface area contributed by atoms with Gasteiger partial charge in [0.1, 0.15) is 0 Å². The predicted molar refractivity (Wildman–Crippen MR) is 86.4 cm³/mol. The molecular weight excluding hydrogens is 288 g/mol. The first-order valence-corrected chi connectivity index (χ1v) is 7.99. The number of nitrogens with zero attached hydrogens (tertiary/aromatic N) is 3. The molecule has 1 atom stereocenters. The van der Waals surface area contributed by atoms with Crippen LogP contribution >= 0.6 is 11.3 Å². The maximum atomic E-state index is 5.78. The number of hydrogen-bond donors (Lipinski definition) is 1. The van der Waals surface area contributed by atoms with E-state index < -0.39 is 0 Å². The van der Waals surface area contributed by atoms with Crippen molar-refractivity contribution in [3.8, 4) is 0 Å². The number of thiazole rings is 1. The maximum Gasteiger partial charge on any atom is 0.195 e. The summed E-state index contributed by atoms with van der Waals surface area (Å²) >= 11 is 1.64. The molecule has 0 spiro atoms. The molecule has 1 unspecified atom stereocenters. The average Bonchev–Trinajstić information content (AvgIpc) is 3.03. The quantitative estimate of drug-likeness (QED) is 0.758. The number of ether oxygens (including phenoxy) is 2. The fourth-order valence-corrected chi connectivity index (χ4v) is 3.20. The summed E-state index contributed by atoms with van der Waals surface area (Å²) in [5, 5.41) is 2.05. The van der Waals surface area contributed by atoms with Crippen LogP contribution in [0, 0.1) is 0 Å². The summed E-state index contributed by atoms with van der Waals surface area (Å²) in [4.78, 5) is 8.04. The first-order chi connectivity index (χ1) is 10.2. The van der Waals surface area contributed by atoms with Crippen molar-refractivity contribution in [1.29, 1.82) is 0 Å². The number of methoxy groups -OCH3 is 2. The van der Waals surface area contributed by atoms with Crippen molar-refractivity contribution in [2.75, 3.05) is 45.4 Å². The molecule has 7 heteroatoms. The highest BCUT2D eigenvalue weighted by atomic mass is 32.1. The molecule has 2 heterocycles. The van der Waals surface area contributed by atoms with Gasteiger partial charge in [0.15, 0.2) is 10.8 Å². The second kappa shape index (κ2) is 7.74. The van der Waals surface area contributed by atoms with Gasteiger partial charge in [0.2, 0.25) is 0 Å².